The molecule has 1 unspecified atom stereocenters. The number of oxime groups is 1. The van der Waals surface area contributed by atoms with Crippen LogP contribution in [0.1, 0.15) is 31.1 Å². The van der Waals surface area contributed by atoms with Gasteiger partial charge in [-0.2, -0.15) is 18.3 Å². The van der Waals surface area contributed by atoms with Gasteiger partial charge in [-0.3, -0.25) is 5.10 Å². The molecule has 2 heterocycles. The Morgan fingerprint density at radius 2 is 2.22 bits per heavy atom. The molecular formula is C10H12F3N3OS. The van der Waals surface area contributed by atoms with Crippen LogP contribution >= 0.6 is 11.8 Å². The fraction of sp³-hybridized carbons (Fsp3) is 0.600. The number of nitrogens with zero attached hydrogens (tertiary/aromatic N) is 2. The van der Waals surface area contributed by atoms with E-state index in [2.05, 4.69) is 15.4 Å². The summed E-state index contributed by atoms with van der Waals surface area (Å²) in [7, 11) is 0. The number of hydrogen-bond donors (Lipinski definition) is 1. The molecule has 0 bridgehead atoms. The molecule has 0 saturated carbocycles. The third-order valence-corrected chi connectivity index (χ3v) is 3.61. The van der Waals surface area contributed by atoms with Gasteiger partial charge in [-0.05, 0) is 13.8 Å². The van der Waals surface area contributed by atoms with Crippen LogP contribution in [-0.2, 0) is 4.84 Å². The van der Waals surface area contributed by atoms with Gasteiger partial charge in [0.1, 0.15) is 15.9 Å². The number of thioether (sulfide) groups is 1. The van der Waals surface area contributed by atoms with E-state index < -0.39 is 17.0 Å². The van der Waals surface area contributed by atoms with Gasteiger partial charge in [-0.15, -0.1) is 0 Å². The van der Waals surface area contributed by atoms with Crippen LogP contribution in [-0.4, -0.2) is 27.0 Å². The molecule has 0 aliphatic carbocycles. The molecule has 0 radical (unpaired) electrons. The summed E-state index contributed by atoms with van der Waals surface area (Å²) < 4.78 is 38.9. The standard InChI is InChI=1S/C10H12F3N3OS/c1-9(2)3-7(16-17-9)18-8(10(11,12)13)6-4-14-15-5-6/h4-5,8H,3H2,1-2H3,(H,14,15). The first-order valence-corrected chi connectivity index (χ1v) is 6.13. The summed E-state index contributed by atoms with van der Waals surface area (Å²) in [6, 6.07) is 0. The van der Waals surface area contributed by atoms with Crippen LogP contribution in [0.3, 0.4) is 0 Å². The first-order chi connectivity index (χ1) is 8.28. The number of aromatic nitrogens is 2. The minimum Gasteiger partial charge on any atom is -0.389 e. The summed E-state index contributed by atoms with van der Waals surface area (Å²) in [5, 5.41) is 8.32. The molecule has 1 aliphatic rings. The van der Waals surface area contributed by atoms with E-state index in [4.69, 9.17) is 4.84 Å². The van der Waals surface area contributed by atoms with E-state index >= 15 is 0 Å². The smallest absolute Gasteiger partial charge is 0.389 e. The monoisotopic (exact) mass is 279 g/mol. The zero-order valence-corrected chi connectivity index (χ0v) is 10.6. The topological polar surface area (TPSA) is 50.3 Å². The minimum absolute atomic E-state index is 0.0832. The van der Waals surface area contributed by atoms with Crippen LogP contribution in [0.25, 0.3) is 0 Å². The van der Waals surface area contributed by atoms with Crippen molar-refractivity contribution in [1.29, 1.82) is 0 Å². The molecule has 0 spiro atoms. The van der Waals surface area contributed by atoms with Gasteiger partial charge in [0.05, 0.1) is 6.20 Å². The highest BCUT2D eigenvalue weighted by Crippen LogP contribution is 2.45. The predicted octanol–water partition coefficient (Wildman–Crippen LogP) is 3.26. The number of nitrogens with one attached hydrogen (secondary N) is 1. The molecule has 1 aromatic heterocycles. The summed E-state index contributed by atoms with van der Waals surface area (Å²) in [5.41, 5.74) is -0.450. The Kier molecular flexibility index (Phi) is 3.31. The lowest BCUT2D eigenvalue weighted by Gasteiger charge is -2.18. The summed E-state index contributed by atoms with van der Waals surface area (Å²) in [5.74, 6) is 0. The highest BCUT2D eigenvalue weighted by Gasteiger charge is 2.44. The zero-order valence-electron chi connectivity index (χ0n) is 9.78. The third kappa shape index (κ3) is 2.98. The van der Waals surface area contributed by atoms with E-state index in [1.165, 1.54) is 12.4 Å². The van der Waals surface area contributed by atoms with E-state index in [1.54, 1.807) is 13.8 Å². The molecule has 1 atom stereocenters. The van der Waals surface area contributed by atoms with Gasteiger partial charge in [0, 0.05) is 18.2 Å². The van der Waals surface area contributed by atoms with Gasteiger partial charge >= 0.3 is 6.18 Å². The zero-order chi connectivity index (χ0) is 13.4. The lowest BCUT2D eigenvalue weighted by Crippen LogP contribution is -2.21. The number of H-pyrrole nitrogens is 1. The molecule has 4 nitrogen and oxygen atoms in total. The van der Waals surface area contributed by atoms with Crippen molar-refractivity contribution in [2.75, 3.05) is 0 Å². The maximum absolute atomic E-state index is 13.0. The van der Waals surface area contributed by atoms with Crippen LogP contribution in [0.4, 0.5) is 13.2 Å². The Morgan fingerprint density at radius 1 is 1.50 bits per heavy atom. The van der Waals surface area contributed by atoms with Crippen molar-refractivity contribution >= 4 is 16.8 Å². The fourth-order valence-electron chi connectivity index (χ4n) is 1.53. The number of alkyl halides is 3. The van der Waals surface area contributed by atoms with E-state index in [0.717, 1.165) is 0 Å². The van der Waals surface area contributed by atoms with Gasteiger partial charge in [0.2, 0.25) is 0 Å². The molecule has 0 saturated heterocycles. The van der Waals surface area contributed by atoms with Gasteiger partial charge in [-0.25, -0.2) is 0 Å². The molecule has 0 amide bonds. The summed E-state index contributed by atoms with van der Waals surface area (Å²) in [6.07, 6.45) is -1.56. The Balaban J connectivity index is 2.13. The lowest BCUT2D eigenvalue weighted by atomic mass is 10.1. The van der Waals surface area contributed by atoms with Gasteiger partial charge in [0.25, 0.3) is 0 Å². The average molecular weight is 279 g/mol. The van der Waals surface area contributed by atoms with Gasteiger partial charge in [-0.1, -0.05) is 16.9 Å². The highest BCUT2D eigenvalue weighted by atomic mass is 32.2. The fourth-order valence-corrected chi connectivity index (χ4v) is 2.71. The van der Waals surface area contributed by atoms with Gasteiger partial charge < -0.3 is 4.84 Å². The van der Waals surface area contributed by atoms with Crippen LogP contribution in [0.15, 0.2) is 17.5 Å². The highest BCUT2D eigenvalue weighted by molar-refractivity contribution is 8.14. The van der Waals surface area contributed by atoms with E-state index in [-0.39, 0.29) is 5.56 Å². The van der Waals surface area contributed by atoms with E-state index in [0.29, 0.717) is 23.2 Å². The normalized spacial score (nSPS) is 20.4. The Labute approximate surface area is 106 Å². The van der Waals surface area contributed by atoms with Crippen molar-refractivity contribution < 1.29 is 18.0 Å². The van der Waals surface area contributed by atoms with Crippen LogP contribution in [0, 0.1) is 0 Å². The minimum atomic E-state index is -4.36. The average Bonchev–Trinajstić information content (AvgIpc) is 2.82. The van der Waals surface area contributed by atoms with Crippen molar-refractivity contribution in [3.63, 3.8) is 0 Å². The maximum Gasteiger partial charge on any atom is 0.405 e. The first-order valence-electron chi connectivity index (χ1n) is 5.25. The molecular weight excluding hydrogens is 267 g/mol. The number of rotatable bonds is 2. The molecule has 100 valence electrons. The van der Waals surface area contributed by atoms with Crippen molar-refractivity contribution in [3.8, 4) is 0 Å². The van der Waals surface area contributed by atoms with Gasteiger partial charge in [0.15, 0.2) is 0 Å². The first kappa shape index (κ1) is 13.3. The van der Waals surface area contributed by atoms with Crippen molar-refractivity contribution in [2.45, 2.75) is 37.3 Å². The van der Waals surface area contributed by atoms with Crippen molar-refractivity contribution in [2.24, 2.45) is 5.16 Å². The number of halogens is 3. The SMILES string of the molecule is CC1(C)CC(SC(c2cn[nH]c2)C(F)(F)F)=NO1. The second-order valence-corrected chi connectivity index (χ2v) is 5.76. The van der Waals surface area contributed by atoms with Crippen molar-refractivity contribution in [1.82, 2.24) is 10.2 Å². The molecule has 8 heteroatoms. The molecule has 1 N–H and O–H groups in total. The Morgan fingerprint density at radius 3 is 2.67 bits per heavy atom. The number of hydrogen-bond acceptors (Lipinski definition) is 4. The van der Waals surface area contributed by atoms with Crippen LogP contribution in [0.2, 0.25) is 0 Å². The molecule has 1 aliphatic heterocycles. The van der Waals surface area contributed by atoms with E-state index in [9.17, 15) is 13.2 Å². The second kappa shape index (κ2) is 4.49. The molecule has 1 aromatic rings. The lowest BCUT2D eigenvalue weighted by molar-refractivity contribution is -0.129. The predicted molar refractivity (Wildman–Crippen MR) is 62.2 cm³/mol. The summed E-state index contributed by atoms with van der Waals surface area (Å²) in [6.45, 7) is 3.56. The molecule has 0 fully saturated rings. The Bertz CT molecular complexity index is 442. The Hall–Kier alpha value is -1.18. The second-order valence-electron chi connectivity index (χ2n) is 4.58. The molecule has 18 heavy (non-hydrogen) atoms. The van der Waals surface area contributed by atoms with Crippen LogP contribution in [0.5, 0.6) is 0 Å². The van der Waals surface area contributed by atoms with Crippen LogP contribution < -0.4 is 0 Å². The maximum atomic E-state index is 13.0. The third-order valence-electron chi connectivity index (χ3n) is 2.34. The summed E-state index contributed by atoms with van der Waals surface area (Å²) >= 11 is 0.659. The van der Waals surface area contributed by atoms with Crippen molar-refractivity contribution in [3.05, 3.63) is 18.0 Å². The number of aromatic amines is 1. The molecule has 2 rings (SSSR count). The quantitative estimate of drug-likeness (QED) is 0.904. The van der Waals surface area contributed by atoms with E-state index in [1.807, 2.05) is 0 Å². The summed E-state index contributed by atoms with van der Waals surface area (Å²) in [4.78, 5) is 5.06. The molecule has 0 aromatic carbocycles. The largest absolute Gasteiger partial charge is 0.405 e.